The predicted octanol–water partition coefficient (Wildman–Crippen LogP) is 4.44. The number of rotatable bonds is 4. The number of hydrogen-bond donors (Lipinski definition) is 1. The van der Waals surface area contributed by atoms with Crippen molar-refractivity contribution in [2.75, 3.05) is 11.6 Å². The first kappa shape index (κ1) is 14.7. The van der Waals surface area contributed by atoms with E-state index in [4.69, 9.17) is 0 Å². The number of hydrogen-bond acceptors (Lipinski definition) is 4. The zero-order chi connectivity index (χ0) is 13.8. The lowest BCUT2D eigenvalue weighted by Gasteiger charge is -2.29. The van der Waals surface area contributed by atoms with Gasteiger partial charge in [0.2, 0.25) is 0 Å². The molecule has 1 aliphatic carbocycles. The average molecular weight is 345 g/mol. The summed E-state index contributed by atoms with van der Waals surface area (Å²) in [4.78, 5) is 10.7. The maximum Gasteiger partial charge on any atom is 0.293 e. The summed E-state index contributed by atoms with van der Waals surface area (Å²) in [6, 6.07) is 5.51. The topological polar surface area (TPSA) is 55.2 Å². The number of nitrogens with one attached hydrogen (secondary N) is 1. The van der Waals surface area contributed by atoms with Gasteiger partial charge in [-0.3, -0.25) is 10.1 Å². The maximum absolute atomic E-state index is 11.1. The molecule has 0 aromatic heterocycles. The number of thioether (sulfide) groups is 1. The van der Waals surface area contributed by atoms with Crippen LogP contribution in [0.25, 0.3) is 0 Å². The molecule has 104 valence electrons. The Morgan fingerprint density at radius 2 is 2.26 bits per heavy atom. The van der Waals surface area contributed by atoms with Gasteiger partial charge in [-0.1, -0.05) is 22.4 Å². The third-order valence-corrected chi connectivity index (χ3v) is 5.06. The van der Waals surface area contributed by atoms with Crippen molar-refractivity contribution in [3.05, 3.63) is 32.8 Å². The van der Waals surface area contributed by atoms with Crippen LogP contribution in [0.3, 0.4) is 0 Å². The van der Waals surface area contributed by atoms with E-state index in [1.807, 2.05) is 17.8 Å². The van der Waals surface area contributed by atoms with Crippen molar-refractivity contribution in [2.24, 2.45) is 0 Å². The van der Waals surface area contributed by atoms with Gasteiger partial charge in [0.1, 0.15) is 5.69 Å². The molecule has 2 rings (SSSR count). The number of nitro benzene ring substituents is 1. The number of nitro groups is 1. The normalized spacial score (nSPS) is 23.1. The number of benzene rings is 1. The first-order chi connectivity index (χ1) is 9.10. The lowest BCUT2D eigenvalue weighted by atomic mass is 9.94. The van der Waals surface area contributed by atoms with E-state index in [9.17, 15) is 10.1 Å². The van der Waals surface area contributed by atoms with Crippen LogP contribution in [-0.2, 0) is 0 Å². The molecule has 0 heterocycles. The molecule has 0 amide bonds. The molecule has 2 unspecified atom stereocenters. The minimum Gasteiger partial charge on any atom is -0.377 e. The summed E-state index contributed by atoms with van der Waals surface area (Å²) in [5.41, 5.74) is 0.764. The highest BCUT2D eigenvalue weighted by molar-refractivity contribution is 9.10. The Kier molecular flexibility index (Phi) is 5.10. The van der Waals surface area contributed by atoms with Crippen molar-refractivity contribution in [1.82, 2.24) is 0 Å². The number of halogens is 1. The van der Waals surface area contributed by atoms with Crippen molar-refractivity contribution in [1.29, 1.82) is 0 Å². The molecular formula is C13H17BrN2O2S. The molecule has 1 aliphatic rings. The first-order valence-electron chi connectivity index (χ1n) is 6.33. The summed E-state index contributed by atoms with van der Waals surface area (Å²) in [7, 11) is 0. The summed E-state index contributed by atoms with van der Waals surface area (Å²) in [6.45, 7) is 0. The van der Waals surface area contributed by atoms with Crippen molar-refractivity contribution in [3.63, 3.8) is 0 Å². The Bertz CT molecular complexity index is 470. The van der Waals surface area contributed by atoms with Crippen LogP contribution in [0.5, 0.6) is 0 Å². The third kappa shape index (κ3) is 3.86. The lowest BCUT2D eigenvalue weighted by Crippen LogP contribution is -2.28. The third-order valence-electron chi connectivity index (χ3n) is 3.48. The fourth-order valence-corrected chi connectivity index (χ4v) is 3.66. The Hall–Kier alpha value is -0.750. The van der Waals surface area contributed by atoms with Gasteiger partial charge in [-0.25, -0.2) is 0 Å². The molecule has 1 fully saturated rings. The van der Waals surface area contributed by atoms with Crippen LogP contribution in [-0.4, -0.2) is 22.5 Å². The number of nitrogens with zero attached hydrogens (tertiary/aromatic N) is 1. The summed E-state index contributed by atoms with van der Waals surface area (Å²) in [5, 5.41) is 15.1. The minimum atomic E-state index is -0.331. The van der Waals surface area contributed by atoms with Gasteiger partial charge in [-0.15, -0.1) is 0 Å². The van der Waals surface area contributed by atoms with E-state index in [1.54, 1.807) is 12.1 Å². The van der Waals surface area contributed by atoms with Crippen LogP contribution in [0.4, 0.5) is 11.4 Å². The van der Waals surface area contributed by atoms with Gasteiger partial charge in [0.05, 0.1) is 4.92 Å². The van der Waals surface area contributed by atoms with Crippen LogP contribution in [0.1, 0.15) is 25.7 Å². The van der Waals surface area contributed by atoms with E-state index in [-0.39, 0.29) is 10.6 Å². The summed E-state index contributed by atoms with van der Waals surface area (Å²) >= 11 is 5.17. The Morgan fingerprint density at radius 1 is 1.47 bits per heavy atom. The van der Waals surface area contributed by atoms with E-state index in [0.29, 0.717) is 17.0 Å². The molecule has 0 saturated heterocycles. The van der Waals surface area contributed by atoms with E-state index in [2.05, 4.69) is 27.5 Å². The van der Waals surface area contributed by atoms with Crippen LogP contribution in [0.2, 0.25) is 0 Å². The molecule has 19 heavy (non-hydrogen) atoms. The first-order valence-corrected chi connectivity index (χ1v) is 8.41. The fourth-order valence-electron chi connectivity index (χ4n) is 2.49. The largest absolute Gasteiger partial charge is 0.377 e. The number of anilines is 1. The van der Waals surface area contributed by atoms with Crippen molar-refractivity contribution in [2.45, 2.75) is 37.0 Å². The summed E-state index contributed by atoms with van der Waals surface area (Å²) < 4.78 is 0.732. The Morgan fingerprint density at radius 3 is 2.95 bits per heavy atom. The van der Waals surface area contributed by atoms with Crippen LogP contribution in [0.15, 0.2) is 22.7 Å². The van der Waals surface area contributed by atoms with E-state index in [0.717, 1.165) is 17.3 Å². The maximum atomic E-state index is 11.1. The standard InChI is InChI=1S/C13H17BrN2O2S/c1-19-11-4-2-3-10(8-11)15-12-6-5-9(14)7-13(12)16(17)18/h5-7,10-11,15H,2-4,8H2,1H3. The van der Waals surface area contributed by atoms with Crippen molar-refractivity contribution < 1.29 is 4.92 Å². The molecule has 2 atom stereocenters. The van der Waals surface area contributed by atoms with Crippen LogP contribution in [0, 0.1) is 10.1 Å². The van der Waals surface area contributed by atoms with E-state index < -0.39 is 0 Å². The average Bonchev–Trinajstić information content (AvgIpc) is 2.41. The molecule has 4 nitrogen and oxygen atoms in total. The highest BCUT2D eigenvalue weighted by Gasteiger charge is 2.23. The van der Waals surface area contributed by atoms with Gasteiger partial charge >= 0.3 is 0 Å². The molecule has 0 bridgehead atoms. The van der Waals surface area contributed by atoms with Gasteiger partial charge < -0.3 is 5.32 Å². The lowest BCUT2D eigenvalue weighted by molar-refractivity contribution is -0.384. The SMILES string of the molecule is CSC1CCCC(Nc2ccc(Br)cc2[N+](=O)[O-])C1. The fraction of sp³-hybridized carbons (Fsp3) is 0.538. The molecule has 0 spiro atoms. The van der Waals surface area contributed by atoms with E-state index >= 15 is 0 Å². The molecule has 1 saturated carbocycles. The highest BCUT2D eigenvalue weighted by atomic mass is 79.9. The van der Waals surface area contributed by atoms with Crippen LogP contribution >= 0.6 is 27.7 Å². The highest BCUT2D eigenvalue weighted by Crippen LogP contribution is 2.33. The van der Waals surface area contributed by atoms with Crippen LogP contribution < -0.4 is 5.32 Å². The molecule has 1 aromatic rings. The van der Waals surface area contributed by atoms with Crippen molar-refractivity contribution >= 4 is 39.1 Å². The quantitative estimate of drug-likeness (QED) is 0.647. The monoisotopic (exact) mass is 344 g/mol. The smallest absolute Gasteiger partial charge is 0.293 e. The second-order valence-corrected chi connectivity index (χ2v) is 6.84. The molecular weight excluding hydrogens is 328 g/mol. The predicted molar refractivity (Wildman–Crippen MR) is 84.0 cm³/mol. The Labute approximate surface area is 125 Å². The van der Waals surface area contributed by atoms with Gasteiger partial charge in [0.15, 0.2) is 0 Å². The zero-order valence-electron chi connectivity index (χ0n) is 10.8. The molecule has 0 radical (unpaired) electrons. The van der Waals surface area contributed by atoms with Gasteiger partial charge in [0.25, 0.3) is 5.69 Å². The molecule has 0 aliphatic heterocycles. The molecule has 1 aromatic carbocycles. The van der Waals surface area contributed by atoms with Gasteiger partial charge in [0, 0.05) is 21.8 Å². The Balaban J connectivity index is 2.12. The van der Waals surface area contributed by atoms with Gasteiger partial charge in [-0.05, 0) is 37.7 Å². The second-order valence-electron chi connectivity index (χ2n) is 4.78. The molecule has 6 heteroatoms. The second kappa shape index (κ2) is 6.61. The zero-order valence-corrected chi connectivity index (χ0v) is 13.2. The molecule has 1 N–H and O–H groups in total. The minimum absolute atomic E-state index is 0.139. The summed E-state index contributed by atoms with van der Waals surface area (Å²) in [5.74, 6) is 0. The van der Waals surface area contributed by atoms with Crippen molar-refractivity contribution in [3.8, 4) is 0 Å². The van der Waals surface area contributed by atoms with Gasteiger partial charge in [-0.2, -0.15) is 11.8 Å². The summed E-state index contributed by atoms with van der Waals surface area (Å²) in [6.07, 6.45) is 6.74. The van der Waals surface area contributed by atoms with E-state index in [1.165, 1.54) is 12.8 Å².